The van der Waals surface area contributed by atoms with Crippen LogP contribution in [0.4, 0.5) is 13.2 Å². The lowest BCUT2D eigenvalue weighted by Gasteiger charge is -2.35. The first-order chi connectivity index (χ1) is 8.27. The van der Waals surface area contributed by atoms with E-state index < -0.39 is 18.3 Å². The minimum absolute atomic E-state index is 0.214. The molecule has 2 N–H and O–H groups in total. The molecule has 1 aliphatic heterocycles. The summed E-state index contributed by atoms with van der Waals surface area (Å²) in [5.74, 6) is -0.287. The SMILES string of the molecule is CCC(N)C(N1CCCN(C)C(=O)C1)C(F)(F)F. The van der Waals surface area contributed by atoms with Crippen LogP contribution in [0.2, 0.25) is 0 Å². The monoisotopic (exact) mass is 267 g/mol. The van der Waals surface area contributed by atoms with E-state index in [4.69, 9.17) is 5.73 Å². The number of carbonyl (C=O) groups is 1. The van der Waals surface area contributed by atoms with E-state index in [2.05, 4.69) is 0 Å². The average Bonchev–Trinajstić information content (AvgIpc) is 2.40. The Labute approximate surface area is 105 Å². The van der Waals surface area contributed by atoms with Gasteiger partial charge in [0, 0.05) is 26.2 Å². The number of nitrogens with two attached hydrogens (primary N) is 1. The average molecular weight is 267 g/mol. The molecule has 1 heterocycles. The molecule has 2 unspecified atom stereocenters. The quantitative estimate of drug-likeness (QED) is 0.823. The van der Waals surface area contributed by atoms with Crippen molar-refractivity contribution in [3.05, 3.63) is 0 Å². The molecule has 0 aliphatic carbocycles. The summed E-state index contributed by atoms with van der Waals surface area (Å²) in [6.45, 7) is 2.14. The number of alkyl halides is 3. The zero-order valence-corrected chi connectivity index (χ0v) is 10.7. The standard InChI is InChI=1S/C11H20F3N3O/c1-3-8(15)10(11(12,13)14)17-6-4-5-16(2)9(18)7-17/h8,10H,3-7,15H2,1-2H3. The summed E-state index contributed by atoms with van der Waals surface area (Å²) in [6.07, 6.45) is -3.64. The predicted octanol–water partition coefficient (Wildman–Crippen LogP) is 0.819. The summed E-state index contributed by atoms with van der Waals surface area (Å²) in [5, 5.41) is 0. The van der Waals surface area contributed by atoms with Crippen LogP contribution in [0.1, 0.15) is 19.8 Å². The van der Waals surface area contributed by atoms with E-state index in [1.54, 1.807) is 14.0 Å². The zero-order valence-electron chi connectivity index (χ0n) is 10.7. The number of carbonyl (C=O) groups excluding carboxylic acids is 1. The van der Waals surface area contributed by atoms with Crippen molar-refractivity contribution >= 4 is 5.91 Å². The number of hydrogen-bond donors (Lipinski definition) is 1. The topological polar surface area (TPSA) is 49.6 Å². The summed E-state index contributed by atoms with van der Waals surface area (Å²) < 4.78 is 39.2. The largest absolute Gasteiger partial charge is 0.405 e. The maximum absolute atomic E-state index is 13.1. The van der Waals surface area contributed by atoms with Gasteiger partial charge in [-0.25, -0.2) is 0 Å². The Balaban J connectivity index is 2.88. The third-order valence-electron chi connectivity index (χ3n) is 3.31. The molecule has 106 valence electrons. The van der Waals surface area contributed by atoms with E-state index in [0.717, 1.165) is 0 Å². The van der Waals surface area contributed by atoms with Crippen molar-refractivity contribution in [2.75, 3.05) is 26.7 Å². The third-order valence-corrected chi connectivity index (χ3v) is 3.31. The highest BCUT2D eigenvalue weighted by Crippen LogP contribution is 2.28. The summed E-state index contributed by atoms with van der Waals surface area (Å²) in [4.78, 5) is 14.3. The minimum atomic E-state index is -4.40. The molecule has 1 fully saturated rings. The molecule has 0 bridgehead atoms. The highest BCUT2D eigenvalue weighted by Gasteiger charge is 2.47. The molecule has 1 saturated heterocycles. The summed E-state index contributed by atoms with van der Waals surface area (Å²) in [6, 6.07) is -2.74. The van der Waals surface area contributed by atoms with Crippen molar-refractivity contribution < 1.29 is 18.0 Å². The molecule has 7 heteroatoms. The molecular weight excluding hydrogens is 247 g/mol. The fraction of sp³-hybridized carbons (Fsp3) is 0.909. The smallest absolute Gasteiger partial charge is 0.345 e. The normalized spacial score (nSPS) is 22.8. The first-order valence-corrected chi connectivity index (χ1v) is 6.07. The highest BCUT2D eigenvalue weighted by atomic mass is 19.4. The van der Waals surface area contributed by atoms with E-state index in [1.807, 2.05) is 0 Å². The second-order valence-electron chi connectivity index (χ2n) is 4.70. The fourth-order valence-electron chi connectivity index (χ4n) is 2.19. The van der Waals surface area contributed by atoms with Crippen molar-refractivity contribution in [2.24, 2.45) is 5.73 Å². The summed E-state index contributed by atoms with van der Waals surface area (Å²) in [7, 11) is 1.61. The Hall–Kier alpha value is -0.820. The van der Waals surface area contributed by atoms with Crippen LogP contribution in [0.15, 0.2) is 0 Å². The molecule has 0 aromatic carbocycles. The third kappa shape index (κ3) is 3.58. The van der Waals surface area contributed by atoms with Crippen LogP contribution >= 0.6 is 0 Å². The van der Waals surface area contributed by atoms with Crippen molar-refractivity contribution in [3.63, 3.8) is 0 Å². The molecule has 1 aliphatic rings. The van der Waals surface area contributed by atoms with Gasteiger partial charge >= 0.3 is 6.18 Å². The van der Waals surface area contributed by atoms with Crippen LogP contribution in [0.25, 0.3) is 0 Å². The van der Waals surface area contributed by atoms with Crippen molar-refractivity contribution in [1.82, 2.24) is 9.80 Å². The lowest BCUT2D eigenvalue weighted by Crippen LogP contribution is -2.57. The van der Waals surface area contributed by atoms with Gasteiger partial charge in [0.2, 0.25) is 5.91 Å². The van der Waals surface area contributed by atoms with Crippen molar-refractivity contribution in [3.8, 4) is 0 Å². The molecule has 4 nitrogen and oxygen atoms in total. The highest BCUT2D eigenvalue weighted by molar-refractivity contribution is 5.78. The van der Waals surface area contributed by atoms with Crippen LogP contribution in [-0.4, -0.2) is 60.6 Å². The van der Waals surface area contributed by atoms with Gasteiger partial charge in [0.25, 0.3) is 0 Å². The van der Waals surface area contributed by atoms with Gasteiger partial charge in [-0.1, -0.05) is 6.92 Å². The van der Waals surface area contributed by atoms with E-state index in [-0.39, 0.29) is 25.4 Å². The summed E-state index contributed by atoms with van der Waals surface area (Å²) in [5.41, 5.74) is 5.58. The molecule has 2 atom stereocenters. The van der Waals surface area contributed by atoms with E-state index in [0.29, 0.717) is 13.0 Å². The number of likely N-dealkylation sites (N-methyl/N-ethyl adjacent to an activating group) is 1. The van der Waals surface area contributed by atoms with Crippen LogP contribution in [0.3, 0.4) is 0 Å². The molecule has 0 aromatic rings. The second-order valence-corrected chi connectivity index (χ2v) is 4.70. The number of rotatable bonds is 3. The Kier molecular flexibility index (Phi) is 4.98. The van der Waals surface area contributed by atoms with Crippen LogP contribution in [0.5, 0.6) is 0 Å². The van der Waals surface area contributed by atoms with E-state index in [9.17, 15) is 18.0 Å². The van der Waals surface area contributed by atoms with Gasteiger partial charge in [-0.3, -0.25) is 9.69 Å². The van der Waals surface area contributed by atoms with Gasteiger partial charge in [0.05, 0.1) is 6.54 Å². The Morgan fingerprint density at radius 1 is 1.39 bits per heavy atom. The number of halogens is 3. The van der Waals surface area contributed by atoms with Crippen LogP contribution in [-0.2, 0) is 4.79 Å². The lowest BCUT2D eigenvalue weighted by atomic mass is 10.0. The van der Waals surface area contributed by atoms with Crippen LogP contribution < -0.4 is 5.73 Å². The van der Waals surface area contributed by atoms with Crippen LogP contribution in [0, 0.1) is 0 Å². The number of hydrogen-bond acceptors (Lipinski definition) is 3. The Morgan fingerprint density at radius 2 is 2.00 bits per heavy atom. The van der Waals surface area contributed by atoms with E-state index >= 15 is 0 Å². The van der Waals surface area contributed by atoms with Gasteiger partial charge in [0.15, 0.2) is 0 Å². The van der Waals surface area contributed by atoms with Gasteiger partial charge in [-0.2, -0.15) is 13.2 Å². The van der Waals surface area contributed by atoms with Gasteiger partial charge < -0.3 is 10.6 Å². The molecule has 1 rings (SSSR count). The Morgan fingerprint density at radius 3 is 2.50 bits per heavy atom. The first-order valence-electron chi connectivity index (χ1n) is 6.07. The molecule has 0 spiro atoms. The van der Waals surface area contributed by atoms with Crippen molar-refractivity contribution in [1.29, 1.82) is 0 Å². The summed E-state index contributed by atoms with van der Waals surface area (Å²) >= 11 is 0. The number of amides is 1. The molecule has 0 saturated carbocycles. The van der Waals surface area contributed by atoms with Gasteiger partial charge in [0.1, 0.15) is 6.04 Å². The van der Waals surface area contributed by atoms with Crippen molar-refractivity contribution in [2.45, 2.75) is 38.0 Å². The lowest BCUT2D eigenvalue weighted by molar-refractivity contribution is -0.189. The molecule has 0 radical (unpaired) electrons. The Bertz CT molecular complexity index is 296. The number of nitrogens with zero attached hydrogens (tertiary/aromatic N) is 2. The minimum Gasteiger partial charge on any atom is -0.345 e. The first kappa shape index (κ1) is 15.2. The zero-order chi connectivity index (χ0) is 13.9. The maximum Gasteiger partial charge on any atom is 0.405 e. The van der Waals surface area contributed by atoms with E-state index in [1.165, 1.54) is 9.80 Å². The molecule has 18 heavy (non-hydrogen) atoms. The fourth-order valence-corrected chi connectivity index (χ4v) is 2.19. The molecular formula is C11H20F3N3O. The maximum atomic E-state index is 13.1. The molecule has 1 amide bonds. The molecule has 0 aromatic heterocycles. The van der Waals surface area contributed by atoms with Gasteiger partial charge in [-0.05, 0) is 12.8 Å². The van der Waals surface area contributed by atoms with Gasteiger partial charge in [-0.15, -0.1) is 0 Å². The second kappa shape index (κ2) is 5.88. The predicted molar refractivity (Wildman–Crippen MR) is 61.9 cm³/mol.